The Morgan fingerprint density at radius 3 is 2.46 bits per heavy atom. The van der Waals surface area contributed by atoms with Gasteiger partial charge in [-0.3, -0.25) is 9.59 Å². The van der Waals surface area contributed by atoms with Crippen LogP contribution in [0.5, 0.6) is 0 Å². The third kappa shape index (κ3) is 5.73. The first-order valence-electron chi connectivity index (χ1n) is 9.21. The molecule has 0 aromatic heterocycles. The topological polar surface area (TPSA) is 40.6 Å². The van der Waals surface area contributed by atoms with E-state index < -0.39 is 0 Å². The van der Waals surface area contributed by atoms with Crippen LogP contribution in [-0.4, -0.2) is 51.7 Å². The van der Waals surface area contributed by atoms with E-state index in [-0.39, 0.29) is 29.6 Å². The van der Waals surface area contributed by atoms with Crippen molar-refractivity contribution in [2.45, 2.75) is 52.0 Å². The lowest BCUT2D eigenvalue weighted by Gasteiger charge is -2.34. The van der Waals surface area contributed by atoms with Gasteiger partial charge in [-0.1, -0.05) is 39.8 Å². The summed E-state index contributed by atoms with van der Waals surface area (Å²) >= 11 is 1.63. The van der Waals surface area contributed by atoms with E-state index in [1.807, 2.05) is 9.80 Å². The summed E-state index contributed by atoms with van der Waals surface area (Å²) in [6.45, 7) is 9.78. The highest BCUT2D eigenvalue weighted by molar-refractivity contribution is 8.00. The molecule has 1 unspecified atom stereocenters. The molecule has 1 heterocycles. The van der Waals surface area contributed by atoms with Gasteiger partial charge in [0.2, 0.25) is 11.8 Å². The molecule has 1 aliphatic rings. The summed E-state index contributed by atoms with van der Waals surface area (Å²) in [7, 11) is 0. The third-order valence-electron chi connectivity index (χ3n) is 4.65. The molecule has 1 aliphatic heterocycles. The second-order valence-electron chi connectivity index (χ2n) is 7.41. The molecule has 0 N–H and O–H groups in total. The number of halogens is 1. The number of hydrogen-bond donors (Lipinski definition) is 0. The summed E-state index contributed by atoms with van der Waals surface area (Å²) < 4.78 is 13.2. The minimum absolute atomic E-state index is 0.0388. The normalized spacial score (nSPS) is 18.6. The van der Waals surface area contributed by atoms with Gasteiger partial charge in [0.1, 0.15) is 5.82 Å². The maximum atomic E-state index is 13.2. The number of hydrogen-bond acceptors (Lipinski definition) is 3. The van der Waals surface area contributed by atoms with E-state index >= 15 is 0 Å². The lowest BCUT2D eigenvalue weighted by Crippen LogP contribution is -2.47. The lowest BCUT2D eigenvalue weighted by molar-refractivity contribution is -0.134. The fourth-order valence-electron chi connectivity index (χ4n) is 3.09. The summed E-state index contributed by atoms with van der Waals surface area (Å²) in [6.07, 6.45) is 0.336. The molecule has 1 aromatic carbocycles. The fraction of sp³-hybridized carbons (Fsp3) is 0.600. The average molecular weight is 381 g/mol. The molecule has 1 aromatic rings. The summed E-state index contributed by atoms with van der Waals surface area (Å²) in [5.41, 5.74) is 0.903. The zero-order valence-electron chi connectivity index (χ0n) is 16.1. The highest BCUT2D eigenvalue weighted by atomic mass is 32.2. The van der Waals surface area contributed by atoms with Crippen LogP contribution in [0.4, 0.5) is 4.39 Å². The van der Waals surface area contributed by atoms with E-state index in [1.165, 1.54) is 12.1 Å². The average Bonchev–Trinajstić information content (AvgIpc) is 2.75. The van der Waals surface area contributed by atoms with Crippen molar-refractivity contribution < 1.29 is 14.0 Å². The molecule has 4 nitrogen and oxygen atoms in total. The predicted molar refractivity (Wildman–Crippen MR) is 104 cm³/mol. The van der Waals surface area contributed by atoms with Crippen LogP contribution >= 0.6 is 11.8 Å². The molecule has 0 radical (unpaired) electrons. The highest BCUT2D eigenvalue weighted by Crippen LogP contribution is 2.22. The van der Waals surface area contributed by atoms with Gasteiger partial charge >= 0.3 is 0 Å². The van der Waals surface area contributed by atoms with Crippen molar-refractivity contribution in [3.05, 3.63) is 35.6 Å². The third-order valence-corrected chi connectivity index (χ3v) is 5.73. The van der Waals surface area contributed by atoms with Crippen LogP contribution in [0.15, 0.2) is 24.3 Å². The second-order valence-corrected chi connectivity index (χ2v) is 8.97. The molecule has 1 fully saturated rings. The number of thioether (sulfide) groups is 1. The Morgan fingerprint density at radius 1 is 1.23 bits per heavy atom. The monoisotopic (exact) mass is 380 g/mol. The lowest BCUT2D eigenvalue weighted by atomic mass is 10.0. The van der Waals surface area contributed by atoms with Crippen LogP contribution in [-0.2, 0) is 16.1 Å². The molecule has 1 saturated heterocycles. The van der Waals surface area contributed by atoms with Crippen LogP contribution in [0.3, 0.4) is 0 Å². The second kappa shape index (κ2) is 9.40. The van der Waals surface area contributed by atoms with Crippen molar-refractivity contribution in [3.63, 3.8) is 0 Å². The number of nitrogens with zero attached hydrogens (tertiary/aromatic N) is 2. The van der Waals surface area contributed by atoms with Crippen molar-refractivity contribution >= 4 is 23.6 Å². The molecule has 26 heavy (non-hydrogen) atoms. The van der Waals surface area contributed by atoms with Gasteiger partial charge < -0.3 is 9.80 Å². The molecule has 0 aliphatic carbocycles. The van der Waals surface area contributed by atoms with Crippen molar-refractivity contribution in [1.82, 2.24) is 9.80 Å². The summed E-state index contributed by atoms with van der Waals surface area (Å²) in [4.78, 5) is 29.0. The number of carbonyl (C=O) groups excluding carboxylic acids is 2. The molecule has 2 amide bonds. The van der Waals surface area contributed by atoms with Crippen LogP contribution in [0.1, 0.15) is 39.7 Å². The van der Waals surface area contributed by atoms with E-state index in [4.69, 9.17) is 0 Å². The van der Waals surface area contributed by atoms with E-state index in [9.17, 15) is 14.0 Å². The SMILES string of the molecule is CC(C)SCC(=O)N1CCC(=O)N(Cc2ccc(F)cc2)C(C(C)C)C1. The molecule has 6 heteroatoms. The van der Waals surface area contributed by atoms with Crippen LogP contribution in [0, 0.1) is 11.7 Å². The number of rotatable bonds is 6. The summed E-state index contributed by atoms with van der Waals surface area (Å²) in [5, 5.41) is 0.406. The smallest absolute Gasteiger partial charge is 0.232 e. The molecule has 0 spiro atoms. The van der Waals surface area contributed by atoms with E-state index in [0.29, 0.717) is 37.1 Å². The maximum Gasteiger partial charge on any atom is 0.232 e. The van der Waals surface area contributed by atoms with Crippen LogP contribution in [0.25, 0.3) is 0 Å². The molecular formula is C20H29FN2O2S. The zero-order chi connectivity index (χ0) is 19.3. The predicted octanol–water partition coefficient (Wildman–Crippen LogP) is 3.55. The van der Waals surface area contributed by atoms with Gasteiger partial charge in [-0.25, -0.2) is 4.39 Å². The van der Waals surface area contributed by atoms with Gasteiger partial charge in [-0.15, -0.1) is 11.8 Å². The first-order chi connectivity index (χ1) is 12.3. The van der Waals surface area contributed by atoms with Crippen molar-refractivity contribution in [2.24, 2.45) is 5.92 Å². The number of carbonyl (C=O) groups is 2. The van der Waals surface area contributed by atoms with Gasteiger partial charge in [-0.05, 0) is 28.9 Å². The molecule has 1 atom stereocenters. The van der Waals surface area contributed by atoms with Gasteiger partial charge in [0.05, 0.1) is 11.8 Å². The van der Waals surface area contributed by atoms with Crippen molar-refractivity contribution in [2.75, 3.05) is 18.8 Å². The Balaban J connectivity index is 2.14. The van der Waals surface area contributed by atoms with Gasteiger partial charge in [0.15, 0.2) is 0 Å². The Hall–Kier alpha value is -1.56. The zero-order valence-corrected chi connectivity index (χ0v) is 16.9. The van der Waals surface area contributed by atoms with Gasteiger partial charge in [0, 0.05) is 26.1 Å². The largest absolute Gasteiger partial charge is 0.339 e. The first kappa shape index (κ1) is 20.7. The van der Waals surface area contributed by atoms with E-state index in [1.54, 1.807) is 23.9 Å². The van der Waals surface area contributed by atoms with Crippen LogP contribution in [0.2, 0.25) is 0 Å². The van der Waals surface area contributed by atoms with Crippen molar-refractivity contribution in [1.29, 1.82) is 0 Å². The Morgan fingerprint density at radius 2 is 1.88 bits per heavy atom. The van der Waals surface area contributed by atoms with Crippen molar-refractivity contribution in [3.8, 4) is 0 Å². The number of benzene rings is 1. The number of amides is 2. The maximum absolute atomic E-state index is 13.2. The van der Waals surface area contributed by atoms with Gasteiger partial charge in [0.25, 0.3) is 0 Å². The van der Waals surface area contributed by atoms with Gasteiger partial charge in [-0.2, -0.15) is 0 Å². The molecule has 0 saturated carbocycles. The Kier molecular flexibility index (Phi) is 7.50. The Bertz CT molecular complexity index is 619. The minimum atomic E-state index is -0.282. The molecule has 2 rings (SSSR count). The first-order valence-corrected chi connectivity index (χ1v) is 10.3. The molecule has 144 valence electrons. The quantitative estimate of drug-likeness (QED) is 0.758. The fourth-order valence-corrected chi connectivity index (χ4v) is 3.75. The van der Waals surface area contributed by atoms with E-state index in [0.717, 1.165) is 5.56 Å². The van der Waals surface area contributed by atoms with Crippen LogP contribution < -0.4 is 0 Å². The minimum Gasteiger partial charge on any atom is -0.339 e. The Labute approximate surface area is 160 Å². The highest BCUT2D eigenvalue weighted by Gasteiger charge is 2.33. The standard InChI is InChI=1S/C20H29FN2O2S/c1-14(2)18-12-22(20(25)13-26-15(3)4)10-9-19(24)23(18)11-16-5-7-17(21)8-6-16/h5-8,14-15,18H,9-13H2,1-4H3. The molecule has 0 bridgehead atoms. The van der Waals surface area contributed by atoms with E-state index in [2.05, 4.69) is 27.7 Å². The molecular weight excluding hydrogens is 351 g/mol. The summed E-state index contributed by atoms with van der Waals surface area (Å²) in [5.74, 6) is 0.557. The summed E-state index contributed by atoms with van der Waals surface area (Å²) in [6, 6.07) is 6.23.